The summed E-state index contributed by atoms with van der Waals surface area (Å²) in [5.41, 5.74) is 5.04. The lowest BCUT2D eigenvalue weighted by Crippen LogP contribution is -1.89. The van der Waals surface area contributed by atoms with E-state index in [-0.39, 0.29) is 0 Å². The molecule has 0 nitrogen and oxygen atoms in total. The molecule has 154 valence electrons. The molecule has 0 atom stereocenters. The fourth-order valence-electron chi connectivity index (χ4n) is 3.74. The molecule has 5 aromatic carbocycles. The fraction of sp³-hybridized carbons (Fsp3) is 0. The van der Waals surface area contributed by atoms with Crippen LogP contribution in [0.5, 0.6) is 0 Å². The maximum absolute atomic E-state index is 2.24. The Kier molecular flexibility index (Phi) is 6.43. The summed E-state index contributed by atoms with van der Waals surface area (Å²) < 4.78 is 0. The zero-order valence-electron chi connectivity index (χ0n) is 17.5. The maximum atomic E-state index is 2.24. The van der Waals surface area contributed by atoms with Crippen LogP contribution in [0.1, 0.15) is 0 Å². The van der Waals surface area contributed by atoms with Crippen LogP contribution in [0, 0.1) is 0 Å². The van der Waals surface area contributed by atoms with E-state index in [0.717, 1.165) is 0 Å². The first-order valence-electron chi connectivity index (χ1n) is 10.6. The van der Waals surface area contributed by atoms with Crippen LogP contribution in [-0.4, -0.2) is 0 Å². The van der Waals surface area contributed by atoms with Crippen LogP contribution >= 0.6 is 23.5 Å². The number of rotatable bonds is 6. The van der Waals surface area contributed by atoms with Gasteiger partial charge >= 0.3 is 0 Å². The zero-order valence-corrected chi connectivity index (χ0v) is 19.2. The van der Waals surface area contributed by atoms with Gasteiger partial charge in [0.1, 0.15) is 0 Å². The Balaban J connectivity index is 1.59. The lowest BCUT2D eigenvalue weighted by Gasteiger charge is -2.16. The summed E-state index contributed by atoms with van der Waals surface area (Å²) in [7, 11) is 0. The molecule has 32 heavy (non-hydrogen) atoms. The Bertz CT molecular complexity index is 1210. The van der Waals surface area contributed by atoms with Gasteiger partial charge in [-0.3, -0.25) is 0 Å². The Morgan fingerprint density at radius 2 is 0.594 bits per heavy atom. The van der Waals surface area contributed by atoms with Crippen LogP contribution in [0.25, 0.3) is 22.3 Å². The second-order valence-electron chi connectivity index (χ2n) is 7.37. The molecule has 0 bridgehead atoms. The minimum absolute atomic E-state index is 1.25. The Morgan fingerprint density at radius 1 is 0.281 bits per heavy atom. The molecule has 0 N–H and O–H groups in total. The largest absolute Gasteiger partial charge is 0.0895 e. The van der Waals surface area contributed by atoms with E-state index in [4.69, 9.17) is 0 Å². The highest BCUT2D eigenvalue weighted by Crippen LogP contribution is 2.43. The average molecular weight is 447 g/mol. The molecule has 0 aliphatic rings. The third-order valence-corrected chi connectivity index (χ3v) is 7.39. The quantitative estimate of drug-likeness (QED) is 0.255. The van der Waals surface area contributed by atoms with E-state index in [0.29, 0.717) is 0 Å². The average Bonchev–Trinajstić information content (AvgIpc) is 2.86. The topological polar surface area (TPSA) is 0 Å². The van der Waals surface area contributed by atoms with E-state index in [9.17, 15) is 0 Å². The first-order chi connectivity index (χ1) is 15.9. The van der Waals surface area contributed by atoms with Crippen LogP contribution in [0.3, 0.4) is 0 Å². The van der Waals surface area contributed by atoms with Gasteiger partial charge in [-0.2, -0.15) is 0 Å². The van der Waals surface area contributed by atoms with E-state index in [2.05, 4.69) is 133 Å². The van der Waals surface area contributed by atoms with E-state index in [1.54, 1.807) is 0 Å². The summed E-state index contributed by atoms with van der Waals surface area (Å²) in [6.07, 6.45) is 0. The first kappa shape index (κ1) is 20.7. The zero-order chi connectivity index (χ0) is 21.6. The summed E-state index contributed by atoms with van der Waals surface area (Å²) in [6, 6.07) is 47.3. The highest BCUT2D eigenvalue weighted by Gasteiger charge is 2.14. The van der Waals surface area contributed by atoms with Crippen molar-refractivity contribution in [2.75, 3.05) is 0 Å². The highest BCUT2D eigenvalue weighted by molar-refractivity contribution is 7.99. The highest BCUT2D eigenvalue weighted by atomic mass is 32.2. The normalized spacial score (nSPS) is 10.8. The monoisotopic (exact) mass is 446 g/mol. The lowest BCUT2D eigenvalue weighted by atomic mass is 9.94. The van der Waals surface area contributed by atoms with Gasteiger partial charge < -0.3 is 0 Å². The summed E-state index contributed by atoms with van der Waals surface area (Å²) >= 11 is 3.63. The van der Waals surface area contributed by atoms with Gasteiger partial charge in [0, 0.05) is 19.6 Å². The van der Waals surface area contributed by atoms with Crippen molar-refractivity contribution in [3.63, 3.8) is 0 Å². The van der Waals surface area contributed by atoms with Crippen LogP contribution in [0.4, 0.5) is 0 Å². The van der Waals surface area contributed by atoms with Crippen LogP contribution in [-0.2, 0) is 0 Å². The molecule has 0 fully saturated rings. The molecule has 0 aliphatic heterocycles. The summed E-state index contributed by atoms with van der Waals surface area (Å²) in [5, 5.41) is 0. The van der Waals surface area contributed by atoms with E-state index >= 15 is 0 Å². The van der Waals surface area contributed by atoms with Gasteiger partial charge in [-0.15, -0.1) is 0 Å². The molecule has 0 radical (unpaired) electrons. The molecule has 0 aliphatic carbocycles. The van der Waals surface area contributed by atoms with Crippen molar-refractivity contribution in [2.45, 2.75) is 19.6 Å². The summed E-state index contributed by atoms with van der Waals surface area (Å²) in [6.45, 7) is 0. The summed E-state index contributed by atoms with van der Waals surface area (Å²) in [4.78, 5) is 5.02. The molecule has 5 rings (SSSR count). The minimum Gasteiger partial charge on any atom is -0.0895 e. The van der Waals surface area contributed by atoms with Gasteiger partial charge in [-0.05, 0) is 58.7 Å². The van der Waals surface area contributed by atoms with E-state index in [1.807, 2.05) is 23.5 Å². The second kappa shape index (κ2) is 9.95. The van der Waals surface area contributed by atoms with Gasteiger partial charge in [0.05, 0.1) is 0 Å². The molecule has 0 heterocycles. The van der Waals surface area contributed by atoms with E-state index in [1.165, 1.54) is 41.8 Å². The molecule has 0 spiro atoms. The smallest absolute Gasteiger partial charge is 0.0201 e. The van der Waals surface area contributed by atoms with E-state index < -0.39 is 0 Å². The molecule has 0 aromatic heterocycles. The Labute approximate surface area is 198 Å². The van der Waals surface area contributed by atoms with Gasteiger partial charge in [-0.25, -0.2) is 0 Å². The molecule has 2 heteroatoms. The van der Waals surface area contributed by atoms with Crippen molar-refractivity contribution in [3.8, 4) is 22.3 Å². The van der Waals surface area contributed by atoms with Crippen LogP contribution in [0.2, 0.25) is 0 Å². The molecular formula is C30H22S2. The lowest BCUT2D eigenvalue weighted by molar-refractivity contribution is 1.38. The van der Waals surface area contributed by atoms with Crippen molar-refractivity contribution in [2.24, 2.45) is 0 Å². The number of hydrogen-bond donors (Lipinski definition) is 0. The predicted molar refractivity (Wildman–Crippen MR) is 138 cm³/mol. The van der Waals surface area contributed by atoms with Gasteiger partial charge in [-0.1, -0.05) is 121 Å². The van der Waals surface area contributed by atoms with Crippen LogP contribution in [0.15, 0.2) is 153 Å². The van der Waals surface area contributed by atoms with Crippen LogP contribution < -0.4 is 0 Å². The molecule has 0 amide bonds. The standard InChI is InChI=1S/C30H22S2/c1-3-13-23(14-4-1)31-29-21-11-9-19-27(29)25-17-7-8-18-26(25)28-20-10-12-22-30(28)32-24-15-5-2-6-16-24/h1-22H. The van der Waals surface area contributed by atoms with Gasteiger partial charge in [0.25, 0.3) is 0 Å². The van der Waals surface area contributed by atoms with Crippen molar-refractivity contribution >= 4 is 23.5 Å². The van der Waals surface area contributed by atoms with Gasteiger partial charge in [0.2, 0.25) is 0 Å². The molecular weight excluding hydrogens is 424 g/mol. The van der Waals surface area contributed by atoms with Crippen molar-refractivity contribution in [1.29, 1.82) is 0 Å². The van der Waals surface area contributed by atoms with Crippen molar-refractivity contribution in [3.05, 3.63) is 133 Å². The Morgan fingerprint density at radius 3 is 1.00 bits per heavy atom. The minimum atomic E-state index is 1.25. The predicted octanol–water partition coefficient (Wildman–Crippen LogP) is 9.32. The maximum Gasteiger partial charge on any atom is 0.0201 e. The van der Waals surface area contributed by atoms with Crippen molar-refractivity contribution < 1.29 is 0 Å². The number of hydrogen-bond acceptors (Lipinski definition) is 2. The molecule has 5 aromatic rings. The summed E-state index contributed by atoms with van der Waals surface area (Å²) in [5.74, 6) is 0. The Hall–Kier alpha value is -3.20. The fourth-order valence-corrected chi connectivity index (χ4v) is 5.70. The second-order valence-corrected chi connectivity index (χ2v) is 9.60. The van der Waals surface area contributed by atoms with Crippen molar-refractivity contribution in [1.82, 2.24) is 0 Å². The molecule has 0 saturated carbocycles. The number of benzene rings is 5. The molecule has 0 saturated heterocycles. The van der Waals surface area contributed by atoms with Gasteiger partial charge in [0.15, 0.2) is 0 Å². The third-order valence-electron chi connectivity index (χ3n) is 5.22. The molecule has 0 unspecified atom stereocenters. The third kappa shape index (κ3) is 4.67. The SMILES string of the molecule is c1ccc(Sc2ccccc2-c2ccccc2-c2ccccc2Sc2ccccc2)cc1. The first-order valence-corrected chi connectivity index (χ1v) is 12.3.